The maximum Gasteiger partial charge on any atom is 0.154 e. The molecule has 0 atom stereocenters. The van der Waals surface area contributed by atoms with Crippen molar-refractivity contribution in [1.29, 1.82) is 0 Å². The molecule has 8 heteroatoms. The molecule has 0 aliphatic carbocycles. The molecule has 0 aliphatic heterocycles. The van der Waals surface area contributed by atoms with Crippen molar-refractivity contribution in [2.75, 3.05) is 11.5 Å². The summed E-state index contributed by atoms with van der Waals surface area (Å²) in [4.78, 5) is 0. The Hall–Kier alpha value is 1.18. The van der Waals surface area contributed by atoms with Crippen LogP contribution in [0.5, 0.6) is 0 Å². The molecule has 0 aromatic heterocycles. The molecule has 0 unspecified atom stereocenters. The van der Waals surface area contributed by atoms with Crippen LogP contribution in [0.2, 0.25) is 0 Å². The van der Waals surface area contributed by atoms with Crippen LogP contribution < -0.4 is 9.44 Å². The van der Waals surface area contributed by atoms with Gasteiger partial charge in [0, 0.05) is 11.5 Å². The van der Waals surface area contributed by atoms with E-state index in [4.69, 9.17) is 24.4 Å². The van der Waals surface area contributed by atoms with E-state index >= 15 is 0 Å². The minimum atomic E-state index is 0.811. The molecule has 0 amide bonds. The Morgan fingerprint density at radius 3 is 1.00 bits per heavy atom. The van der Waals surface area contributed by atoms with Gasteiger partial charge in [-0.25, -0.2) is 0 Å². The van der Waals surface area contributed by atoms with Crippen LogP contribution in [0.4, 0.5) is 0 Å². The fourth-order valence-corrected chi connectivity index (χ4v) is 7.60. The summed E-state index contributed by atoms with van der Waals surface area (Å²) in [6, 6.07) is 0. The van der Waals surface area contributed by atoms with Crippen LogP contribution >= 0.6 is 69.9 Å². The molecular weight excluding hydrogens is 533 g/mol. The summed E-state index contributed by atoms with van der Waals surface area (Å²) in [5, 5.41) is 0. The molecule has 2 nitrogen and oxygen atoms in total. The van der Waals surface area contributed by atoms with Crippen LogP contribution in [-0.4, -0.2) is 20.1 Å². The molecule has 0 aliphatic rings. The second-order valence-corrected chi connectivity index (χ2v) is 14.3. The third kappa shape index (κ3) is 29.4. The maximum atomic E-state index is 5.40. The summed E-state index contributed by atoms with van der Waals surface area (Å²) in [5.41, 5.74) is 0. The van der Waals surface area contributed by atoms with Crippen molar-refractivity contribution in [1.82, 2.24) is 9.44 Å². The molecule has 0 aromatic rings. The Morgan fingerprint density at radius 2 is 0.706 bits per heavy atom. The Bertz CT molecular complexity index is 411. The highest BCUT2D eigenvalue weighted by molar-refractivity contribution is 8.89. The predicted octanol–water partition coefficient (Wildman–Crippen LogP) is 11.3. The molecule has 0 bridgehead atoms. The van der Waals surface area contributed by atoms with Gasteiger partial charge in [-0.1, -0.05) is 178 Å². The van der Waals surface area contributed by atoms with E-state index in [9.17, 15) is 0 Å². The fourth-order valence-electron chi connectivity index (χ4n) is 3.65. The number of hydrogen-bond donors (Lipinski definition) is 2. The minimum Gasteiger partial charge on any atom is -0.315 e. The van der Waals surface area contributed by atoms with Gasteiger partial charge in [0.25, 0.3) is 0 Å². The Morgan fingerprint density at radius 1 is 0.441 bits per heavy atom. The average Bonchev–Trinajstić information content (AvgIpc) is 2.84. The van der Waals surface area contributed by atoms with E-state index in [1.165, 1.54) is 128 Å². The first-order valence-electron chi connectivity index (χ1n) is 13.9. The van der Waals surface area contributed by atoms with Crippen LogP contribution in [0.3, 0.4) is 0 Å². The summed E-state index contributed by atoms with van der Waals surface area (Å²) in [6.07, 6.45) is 27.6. The van der Waals surface area contributed by atoms with Crippen LogP contribution in [0.1, 0.15) is 142 Å². The maximum absolute atomic E-state index is 5.40. The molecule has 0 saturated carbocycles. The molecule has 0 saturated heterocycles. The lowest BCUT2D eigenvalue weighted by Gasteiger charge is -2.08. The molecule has 0 heterocycles. The van der Waals surface area contributed by atoms with Gasteiger partial charge in [0.05, 0.1) is 0 Å². The zero-order chi connectivity index (χ0) is 25.0. The fraction of sp³-hybridized carbons (Fsp3) is 0.923. The van der Waals surface area contributed by atoms with E-state index < -0.39 is 0 Å². The molecule has 0 radical (unpaired) electrons. The van der Waals surface area contributed by atoms with Gasteiger partial charge >= 0.3 is 0 Å². The van der Waals surface area contributed by atoms with Gasteiger partial charge < -0.3 is 9.44 Å². The first kappa shape index (κ1) is 35.2. The SMILES string of the molecule is CCCCCCCCCCCCSNC(=S)SSC(=S)NSCCCCCCCCCCCC. The van der Waals surface area contributed by atoms with Crippen LogP contribution in [0.15, 0.2) is 0 Å². The molecule has 0 spiro atoms. The first-order chi connectivity index (χ1) is 16.7. The molecule has 0 rings (SSSR count). The van der Waals surface area contributed by atoms with Gasteiger partial charge in [-0.2, -0.15) is 0 Å². The smallest absolute Gasteiger partial charge is 0.154 e. The van der Waals surface area contributed by atoms with Crippen molar-refractivity contribution in [2.24, 2.45) is 0 Å². The Kier molecular flexibility index (Phi) is 31.5. The van der Waals surface area contributed by atoms with Crippen molar-refractivity contribution in [3.05, 3.63) is 0 Å². The highest BCUT2D eigenvalue weighted by atomic mass is 33.1. The van der Waals surface area contributed by atoms with Gasteiger partial charge in [0.2, 0.25) is 0 Å². The topological polar surface area (TPSA) is 24.1 Å². The third-order valence-electron chi connectivity index (χ3n) is 5.70. The van der Waals surface area contributed by atoms with Crippen LogP contribution in [0, 0.1) is 0 Å². The van der Waals surface area contributed by atoms with Crippen LogP contribution in [-0.2, 0) is 0 Å². The summed E-state index contributed by atoms with van der Waals surface area (Å²) in [5.74, 6) is 2.25. The summed E-state index contributed by atoms with van der Waals surface area (Å²) in [7, 11) is 3.10. The molecule has 34 heavy (non-hydrogen) atoms. The van der Waals surface area contributed by atoms with E-state index in [0.717, 1.165) is 20.1 Å². The summed E-state index contributed by atoms with van der Waals surface area (Å²) in [6.45, 7) is 4.56. The number of unbranched alkanes of at least 4 members (excludes halogenated alkanes) is 18. The van der Waals surface area contributed by atoms with Gasteiger partial charge in [0.15, 0.2) is 8.64 Å². The molecule has 202 valence electrons. The van der Waals surface area contributed by atoms with Crippen molar-refractivity contribution in [2.45, 2.75) is 142 Å². The molecule has 2 N–H and O–H groups in total. The van der Waals surface area contributed by atoms with E-state index in [1.807, 2.05) is 0 Å². The number of hydrogen-bond acceptors (Lipinski definition) is 6. The van der Waals surface area contributed by atoms with E-state index in [1.54, 1.807) is 45.5 Å². The highest BCUT2D eigenvalue weighted by Gasteiger charge is 2.03. The Balaban J connectivity index is 3.29. The van der Waals surface area contributed by atoms with Crippen molar-refractivity contribution < 1.29 is 0 Å². The zero-order valence-corrected chi connectivity index (χ0v) is 26.9. The van der Waals surface area contributed by atoms with Gasteiger partial charge in [-0.3, -0.25) is 0 Å². The largest absolute Gasteiger partial charge is 0.315 e. The minimum absolute atomic E-state index is 0.811. The number of nitrogens with one attached hydrogen (secondary N) is 2. The highest BCUT2D eigenvalue weighted by Crippen LogP contribution is 2.25. The van der Waals surface area contributed by atoms with Crippen molar-refractivity contribution >= 4 is 78.6 Å². The second kappa shape index (κ2) is 30.4. The third-order valence-corrected chi connectivity index (χ3v) is 11.1. The van der Waals surface area contributed by atoms with Gasteiger partial charge in [-0.05, 0) is 34.4 Å². The van der Waals surface area contributed by atoms with E-state index in [-0.39, 0.29) is 0 Å². The van der Waals surface area contributed by atoms with E-state index in [2.05, 4.69) is 23.3 Å². The standard InChI is InChI=1S/C26H52N2S6/c1-3-5-7-9-11-13-15-17-19-21-23-31-27-25(29)33-34-26(30)28-32-24-22-20-18-16-14-12-10-8-6-4-2/h3-24H2,1-2H3,(H,27,29)(H,28,30). The lowest BCUT2D eigenvalue weighted by molar-refractivity contribution is 0.563. The summed E-state index contributed by atoms with van der Waals surface area (Å²) >= 11 is 14.3. The lowest BCUT2D eigenvalue weighted by atomic mass is 10.1. The second-order valence-electron chi connectivity index (χ2n) is 9.01. The van der Waals surface area contributed by atoms with Crippen molar-refractivity contribution in [3.8, 4) is 0 Å². The normalized spacial score (nSPS) is 11.0. The monoisotopic (exact) mass is 584 g/mol. The van der Waals surface area contributed by atoms with Crippen molar-refractivity contribution in [3.63, 3.8) is 0 Å². The van der Waals surface area contributed by atoms with Gasteiger partial charge in [0.1, 0.15) is 0 Å². The Labute approximate surface area is 240 Å². The van der Waals surface area contributed by atoms with Crippen LogP contribution in [0.25, 0.3) is 0 Å². The molecule has 0 fully saturated rings. The zero-order valence-electron chi connectivity index (χ0n) is 22.0. The first-order valence-corrected chi connectivity index (χ1v) is 18.8. The number of thiocarbonyl (C=S) groups is 2. The lowest BCUT2D eigenvalue weighted by Crippen LogP contribution is -2.12. The quantitative estimate of drug-likeness (QED) is 0.0500. The summed E-state index contributed by atoms with van der Waals surface area (Å²) < 4.78 is 8.18. The average molecular weight is 585 g/mol. The predicted molar refractivity (Wildman–Crippen MR) is 175 cm³/mol. The van der Waals surface area contributed by atoms with Gasteiger partial charge in [-0.15, -0.1) is 0 Å². The molecule has 0 aromatic carbocycles. The van der Waals surface area contributed by atoms with E-state index in [0.29, 0.717) is 0 Å². The number of rotatable bonds is 24. The molecular formula is C26H52N2S6.